The molecule has 3 aromatic carbocycles. The largest absolute Gasteiger partial charge is 0.507 e. The van der Waals surface area contributed by atoms with Gasteiger partial charge in [0.15, 0.2) is 11.6 Å². The number of aromatic nitrogens is 2. The summed E-state index contributed by atoms with van der Waals surface area (Å²) in [5, 5.41) is 14.7. The number of halogens is 1. The maximum Gasteiger partial charge on any atom is 0.165 e. The highest BCUT2D eigenvalue weighted by Gasteiger charge is 2.12. The SMILES string of the molecule is Oc1ccccc1C=NNc1nc(-c2ccccc2F)nc2ccccc12. The standard InChI is InChI=1S/C21H15FN4O/c22-17-10-4-2-8-15(17)20-24-18-11-5-3-9-16(18)21(25-20)26-23-13-14-7-1-6-12-19(14)27/h1-13,27H,(H,24,25,26). The van der Waals surface area contributed by atoms with Crippen LogP contribution in [0.1, 0.15) is 5.56 Å². The fourth-order valence-corrected chi connectivity index (χ4v) is 2.68. The van der Waals surface area contributed by atoms with Crippen molar-refractivity contribution in [2.24, 2.45) is 5.10 Å². The lowest BCUT2D eigenvalue weighted by Crippen LogP contribution is -2.00. The van der Waals surface area contributed by atoms with Gasteiger partial charge >= 0.3 is 0 Å². The van der Waals surface area contributed by atoms with E-state index in [2.05, 4.69) is 20.5 Å². The molecule has 0 unspecified atom stereocenters. The number of hydrogen-bond acceptors (Lipinski definition) is 5. The summed E-state index contributed by atoms with van der Waals surface area (Å²) in [5.74, 6) is 0.455. The Balaban J connectivity index is 1.75. The van der Waals surface area contributed by atoms with E-state index in [0.29, 0.717) is 22.5 Å². The minimum Gasteiger partial charge on any atom is -0.507 e. The maximum absolute atomic E-state index is 14.2. The number of benzene rings is 3. The number of fused-ring (bicyclic) bond motifs is 1. The summed E-state index contributed by atoms with van der Waals surface area (Å²) in [4.78, 5) is 8.91. The van der Waals surface area contributed by atoms with E-state index in [9.17, 15) is 9.50 Å². The number of hydrogen-bond donors (Lipinski definition) is 2. The van der Waals surface area contributed by atoms with Crippen molar-refractivity contribution in [1.82, 2.24) is 9.97 Å². The highest BCUT2D eigenvalue weighted by molar-refractivity contribution is 5.91. The van der Waals surface area contributed by atoms with Gasteiger partial charge in [0.05, 0.1) is 17.3 Å². The smallest absolute Gasteiger partial charge is 0.165 e. The number of phenols is 1. The zero-order chi connectivity index (χ0) is 18.6. The number of anilines is 1. The maximum atomic E-state index is 14.2. The lowest BCUT2D eigenvalue weighted by atomic mass is 10.1. The number of para-hydroxylation sites is 2. The van der Waals surface area contributed by atoms with Crippen LogP contribution in [-0.4, -0.2) is 21.3 Å². The van der Waals surface area contributed by atoms with E-state index in [1.807, 2.05) is 24.3 Å². The highest BCUT2D eigenvalue weighted by atomic mass is 19.1. The number of aromatic hydroxyl groups is 1. The van der Waals surface area contributed by atoms with Gasteiger partial charge in [0.2, 0.25) is 0 Å². The second kappa shape index (κ2) is 7.21. The molecule has 132 valence electrons. The molecule has 0 radical (unpaired) electrons. The molecule has 1 heterocycles. The molecule has 4 aromatic rings. The van der Waals surface area contributed by atoms with E-state index in [-0.39, 0.29) is 11.6 Å². The van der Waals surface area contributed by atoms with Crippen LogP contribution < -0.4 is 5.43 Å². The number of hydrazone groups is 1. The van der Waals surface area contributed by atoms with Crippen molar-refractivity contribution < 1.29 is 9.50 Å². The highest BCUT2D eigenvalue weighted by Crippen LogP contribution is 2.26. The Labute approximate surface area is 154 Å². The first kappa shape index (κ1) is 16.7. The first-order valence-electron chi connectivity index (χ1n) is 8.31. The molecule has 0 spiro atoms. The fourth-order valence-electron chi connectivity index (χ4n) is 2.68. The topological polar surface area (TPSA) is 70.4 Å². The average Bonchev–Trinajstić information content (AvgIpc) is 2.69. The lowest BCUT2D eigenvalue weighted by molar-refractivity contribution is 0.474. The third-order valence-corrected chi connectivity index (χ3v) is 4.03. The molecule has 0 saturated carbocycles. The van der Waals surface area contributed by atoms with Gasteiger partial charge in [-0.1, -0.05) is 36.4 Å². The van der Waals surface area contributed by atoms with Crippen molar-refractivity contribution in [3.05, 3.63) is 84.2 Å². The summed E-state index contributed by atoms with van der Waals surface area (Å²) in [6.45, 7) is 0. The van der Waals surface area contributed by atoms with E-state index in [1.165, 1.54) is 12.3 Å². The van der Waals surface area contributed by atoms with Gasteiger partial charge in [-0.3, -0.25) is 5.43 Å². The number of nitrogens with zero attached hydrogens (tertiary/aromatic N) is 3. The van der Waals surface area contributed by atoms with Crippen LogP contribution in [0.5, 0.6) is 5.75 Å². The molecule has 0 amide bonds. The molecule has 27 heavy (non-hydrogen) atoms. The Bertz CT molecular complexity index is 1140. The van der Waals surface area contributed by atoms with Gasteiger partial charge in [-0.25, -0.2) is 14.4 Å². The van der Waals surface area contributed by atoms with Crippen molar-refractivity contribution in [2.45, 2.75) is 0 Å². The average molecular weight is 358 g/mol. The molecule has 0 aliphatic heterocycles. The van der Waals surface area contributed by atoms with E-state index >= 15 is 0 Å². The van der Waals surface area contributed by atoms with Crippen LogP contribution >= 0.6 is 0 Å². The van der Waals surface area contributed by atoms with Crippen LogP contribution in [-0.2, 0) is 0 Å². The van der Waals surface area contributed by atoms with Gasteiger partial charge in [0.1, 0.15) is 11.6 Å². The first-order chi connectivity index (χ1) is 13.2. The summed E-state index contributed by atoms with van der Waals surface area (Å²) in [5.41, 5.74) is 4.43. The van der Waals surface area contributed by atoms with Crippen LogP contribution in [0.3, 0.4) is 0 Å². The van der Waals surface area contributed by atoms with Crippen LogP contribution in [0.25, 0.3) is 22.3 Å². The number of phenolic OH excluding ortho intramolecular Hbond substituents is 1. The Hall–Kier alpha value is -3.80. The monoisotopic (exact) mass is 358 g/mol. The van der Waals surface area contributed by atoms with Crippen molar-refractivity contribution in [3.8, 4) is 17.1 Å². The second-order valence-corrected chi connectivity index (χ2v) is 5.82. The summed E-state index contributed by atoms with van der Waals surface area (Å²) >= 11 is 0. The number of rotatable bonds is 4. The molecule has 0 bridgehead atoms. The Kier molecular flexibility index (Phi) is 4.45. The molecule has 0 aliphatic carbocycles. The first-order valence-corrected chi connectivity index (χ1v) is 8.31. The van der Waals surface area contributed by atoms with Crippen molar-refractivity contribution in [2.75, 3.05) is 5.43 Å². The van der Waals surface area contributed by atoms with Crippen molar-refractivity contribution in [1.29, 1.82) is 0 Å². The molecular weight excluding hydrogens is 343 g/mol. The van der Waals surface area contributed by atoms with Gasteiger partial charge < -0.3 is 5.11 Å². The molecule has 0 atom stereocenters. The van der Waals surface area contributed by atoms with Crippen LogP contribution in [0.15, 0.2) is 77.9 Å². The van der Waals surface area contributed by atoms with Gasteiger partial charge in [-0.15, -0.1) is 0 Å². The van der Waals surface area contributed by atoms with Crippen molar-refractivity contribution >= 4 is 22.9 Å². The van der Waals surface area contributed by atoms with Crippen LogP contribution in [0.4, 0.5) is 10.2 Å². The summed E-state index contributed by atoms with van der Waals surface area (Å²) in [6.07, 6.45) is 1.50. The molecule has 2 N–H and O–H groups in total. The van der Waals surface area contributed by atoms with E-state index in [4.69, 9.17) is 0 Å². The van der Waals surface area contributed by atoms with Gasteiger partial charge in [0.25, 0.3) is 0 Å². The van der Waals surface area contributed by atoms with Crippen LogP contribution in [0.2, 0.25) is 0 Å². The Morgan fingerprint density at radius 2 is 1.63 bits per heavy atom. The minimum absolute atomic E-state index is 0.127. The second-order valence-electron chi connectivity index (χ2n) is 5.82. The molecular formula is C21H15FN4O. The van der Waals surface area contributed by atoms with E-state index < -0.39 is 5.82 Å². The van der Waals surface area contributed by atoms with E-state index in [0.717, 1.165) is 5.39 Å². The van der Waals surface area contributed by atoms with Gasteiger partial charge in [0, 0.05) is 10.9 Å². The molecule has 0 saturated heterocycles. The zero-order valence-electron chi connectivity index (χ0n) is 14.2. The quantitative estimate of drug-likeness (QED) is 0.414. The Morgan fingerprint density at radius 1 is 0.889 bits per heavy atom. The predicted molar refractivity (Wildman–Crippen MR) is 104 cm³/mol. The third kappa shape index (κ3) is 3.46. The summed E-state index contributed by atoms with van der Waals surface area (Å²) < 4.78 is 14.2. The third-order valence-electron chi connectivity index (χ3n) is 4.03. The molecule has 1 aromatic heterocycles. The molecule has 4 rings (SSSR count). The normalized spacial score (nSPS) is 11.1. The van der Waals surface area contributed by atoms with Gasteiger partial charge in [-0.05, 0) is 36.4 Å². The molecule has 5 nitrogen and oxygen atoms in total. The zero-order valence-corrected chi connectivity index (χ0v) is 14.2. The molecule has 0 fully saturated rings. The fraction of sp³-hybridized carbons (Fsp3) is 0. The predicted octanol–water partition coefficient (Wildman–Crippen LogP) is 4.59. The van der Waals surface area contributed by atoms with Crippen LogP contribution in [0, 0.1) is 5.82 Å². The summed E-state index contributed by atoms with van der Waals surface area (Å²) in [6, 6.07) is 20.6. The molecule has 0 aliphatic rings. The number of nitrogens with one attached hydrogen (secondary N) is 1. The van der Waals surface area contributed by atoms with E-state index in [1.54, 1.807) is 42.5 Å². The summed E-state index contributed by atoms with van der Waals surface area (Å²) in [7, 11) is 0. The van der Waals surface area contributed by atoms with Crippen molar-refractivity contribution in [3.63, 3.8) is 0 Å². The lowest BCUT2D eigenvalue weighted by Gasteiger charge is -2.08. The van der Waals surface area contributed by atoms with Gasteiger partial charge in [-0.2, -0.15) is 5.10 Å². The Morgan fingerprint density at radius 3 is 2.48 bits per heavy atom. The molecule has 6 heteroatoms. The minimum atomic E-state index is -0.392.